The monoisotopic (exact) mass is 286 g/mol. The van der Waals surface area contributed by atoms with Gasteiger partial charge < -0.3 is 15.2 Å². The molecule has 0 amide bonds. The largest absolute Gasteiger partial charge is 0.353 e. The molecule has 4 nitrogen and oxygen atoms in total. The average molecular weight is 286 g/mol. The van der Waals surface area contributed by atoms with Gasteiger partial charge in [0.1, 0.15) is 0 Å². The summed E-state index contributed by atoms with van der Waals surface area (Å²) in [7, 11) is 0. The van der Waals surface area contributed by atoms with Crippen LogP contribution in [0.2, 0.25) is 0 Å². The maximum absolute atomic E-state index is 4.82. The topological polar surface area (TPSA) is 41.9 Å². The summed E-state index contributed by atoms with van der Waals surface area (Å²) in [5.41, 5.74) is 2.36. The number of benzene rings is 1. The first-order chi connectivity index (χ1) is 10.4. The van der Waals surface area contributed by atoms with Gasteiger partial charge in [-0.25, -0.2) is 4.98 Å². The Balaban J connectivity index is 1.82. The van der Waals surface area contributed by atoms with Crippen LogP contribution in [-0.4, -0.2) is 28.7 Å². The molecule has 0 bridgehead atoms. The Labute approximate surface area is 126 Å². The molecule has 0 radical (unpaired) electrons. The number of unbranched alkanes of at least 4 members (excludes halogenated alkanes) is 2. The molecule has 1 fully saturated rings. The van der Waals surface area contributed by atoms with E-state index >= 15 is 0 Å². The second-order valence-electron chi connectivity index (χ2n) is 5.95. The van der Waals surface area contributed by atoms with Gasteiger partial charge in [0, 0.05) is 12.6 Å². The number of hydrogen-bond acceptors (Lipinski definition) is 3. The number of fused-ring (bicyclic) bond motifs is 1. The first kappa shape index (κ1) is 14.4. The van der Waals surface area contributed by atoms with Crippen LogP contribution in [0.5, 0.6) is 0 Å². The van der Waals surface area contributed by atoms with Crippen molar-refractivity contribution in [2.24, 2.45) is 0 Å². The van der Waals surface area contributed by atoms with Crippen LogP contribution >= 0.6 is 0 Å². The molecule has 2 aromatic rings. The van der Waals surface area contributed by atoms with Crippen molar-refractivity contribution in [3.05, 3.63) is 24.3 Å². The fourth-order valence-electron chi connectivity index (χ4n) is 3.08. The van der Waals surface area contributed by atoms with E-state index in [1.165, 1.54) is 37.6 Å². The Kier molecular flexibility index (Phi) is 4.76. The van der Waals surface area contributed by atoms with Gasteiger partial charge in [-0.05, 0) is 44.5 Å². The lowest BCUT2D eigenvalue weighted by Crippen LogP contribution is -2.36. The maximum atomic E-state index is 4.82. The van der Waals surface area contributed by atoms with Gasteiger partial charge in [-0.3, -0.25) is 0 Å². The first-order valence-electron chi connectivity index (χ1n) is 8.31. The van der Waals surface area contributed by atoms with E-state index in [2.05, 4.69) is 46.4 Å². The van der Waals surface area contributed by atoms with Crippen LogP contribution < -0.4 is 10.6 Å². The molecule has 1 aliphatic rings. The zero-order valence-corrected chi connectivity index (χ0v) is 12.9. The molecule has 0 aliphatic carbocycles. The molecule has 0 atom stereocenters. The number of imidazole rings is 1. The van der Waals surface area contributed by atoms with E-state index < -0.39 is 0 Å². The SMILES string of the molecule is CCCCCn1c(NC2CCNCC2)nc2ccccc21. The molecule has 0 unspecified atom stereocenters. The zero-order chi connectivity index (χ0) is 14.5. The lowest BCUT2D eigenvalue weighted by Gasteiger charge is -2.24. The number of nitrogens with one attached hydrogen (secondary N) is 2. The minimum absolute atomic E-state index is 0.549. The molecule has 2 heterocycles. The Morgan fingerprint density at radius 3 is 2.86 bits per heavy atom. The van der Waals surface area contributed by atoms with Crippen LogP contribution in [0.3, 0.4) is 0 Å². The number of hydrogen-bond donors (Lipinski definition) is 2. The third-order valence-corrected chi connectivity index (χ3v) is 4.31. The van der Waals surface area contributed by atoms with Gasteiger partial charge >= 0.3 is 0 Å². The van der Waals surface area contributed by atoms with Crippen LogP contribution in [0.15, 0.2) is 24.3 Å². The highest BCUT2D eigenvalue weighted by Crippen LogP contribution is 2.22. The summed E-state index contributed by atoms with van der Waals surface area (Å²) in [4.78, 5) is 4.82. The Morgan fingerprint density at radius 1 is 1.24 bits per heavy atom. The van der Waals surface area contributed by atoms with Crippen molar-refractivity contribution in [1.29, 1.82) is 0 Å². The average Bonchev–Trinajstić information content (AvgIpc) is 2.86. The van der Waals surface area contributed by atoms with E-state index in [0.717, 1.165) is 31.1 Å². The molecule has 2 N–H and O–H groups in total. The normalized spacial score (nSPS) is 16.4. The summed E-state index contributed by atoms with van der Waals surface area (Å²) in [5, 5.41) is 7.09. The predicted octanol–water partition coefficient (Wildman–Crippen LogP) is 3.39. The van der Waals surface area contributed by atoms with Gasteiger partial charge in [-0.15, -0.1) is 0 Å². The summed E-state index contributed by atoms with van der Waals surface area (Å²) >= 11 is 0. The molecular formula is C17H26N4. The third-order valence-electron chi connectivity index (χ3n) is 4.31. The van der Waals surface area contributed by atoms with Crippen molar-refractivity contribution in [2.75, 3.05) is 18.4 Å². The summed E-state index contributed by atoms with van der Waals surface area (Å²) in [6, 6.07) is 9.02. The molecule has 4 heteroatoms. The smallest absolute Gasteiger partial charge is 0.204 e. The second kappa shape index (κ2) is 6.94. The van der Waals surface area contributed by atoms with Crippen molar-refractivity contribution >= 4 is 17.0 Å². The molecule has 114 valence electrons. The van der Waals surface area contributed by atoms with Gasteiger partial charge in [0.2, 0.25) is 5.95 Å². The van der Waals surface area contributed by atoms with E-state index in [-0.39, 0.29) is 0 Å². The Hall–Kier alpha value is -1.55. The number of rotatable bonds is 6. The second-order valence-corrected chi connectivity index (χ2v) is 5.95. The zero-order valence-electron chi connectivity index (χ0n) is 12.9. The van der Waals surface area contributed by atoms with Crippen molar-refractivity contribution in [1.82, 2.24) is 14.9 Å². The highest BCUT2D eigenvalue weighted by Gasteiger charge is 2.16. The van der Waals surface area contributed by atoms with Crippen molar-refractivity contribution < 1.29 is 0 Å². The number of anilines is 1. The summed E-state index contributed by atoms with van der Waals surface area (Å²) in [5.74, 6) is 1.05. The highest BCUT2D eigenvalue weighted by molar-refractivity contribution is 5.78. The van der Waals surface area contributed by atoms with Gasteiger partial charge in [-0.2, -0.15) is 0 Å². The fraction of sp³-hybridized carbons (Fsp3) is 0.588. The van der Waals surface area contributed by atoms with Crippen LogP contribution in [0.1, 0.15) is 39.0 Å². The number of para-hydroxylation sites is 2. The van der Waals surface area contributed by atoms with Crippen LogP contribution in [-0.2, 0) is 6.54 Å². The van der Waals surface area contributed by atoms with E-state index in [1.807, 2.05) is 0 Å². The number of piperidine rings is 1. The first-order valence-corrected chi connectivity index (χ1v) is 8.31. The van der Waals surface area contributed by atoms with E-state index in [9.17, 15) is 0 Å². The number of aryl methyl sites for hydroxylation is 1. The van der Waals surface area contributed by atoms with Crippen molar-refractivity contribution in [3.8, 4) is 0 Å². The fourth-order valence-corrected chi connectivity index (χ4v) is 3.08. The predicted molar refractivity (Wildman–Crippen MR) is 88.8 cm³/mol. The maximum Gasteiger partial charge on any atom is 0.204 e. The molecule has 1 aromatic heterocycles. The van der Waals surface area contributed by atoms with E-state index in [1.54, 1.807) is 0 Å². The van der Waals surface area contributed by atoms with Crippen molar-refractivity contribution in [3.63, 3.8) is 0 Å². The molecule has 1 aromatic carbocycles. The molecule has 1 saturated heterocycles. The number of aromatic nitrogens is 2. The molecule has 0 saturated carbocycles. The minimum Gasteiger partial charge on any atom is -0.353 e. The number of nitrogens with zero attached hydrogens (tertiary/aromatic N) is 2. The summed E-state index contributed by atoms with van der Waals surface area (Å²) in [6.07, 6.45) is 6.11. The molecule has 3 rings (SSSR count). The molecule has 0 spiro atoms. The highest BCUT2D eigenvalue weighted by atomic mass is 15.2. The van der Waals surface area contributed by atoms with E-state index in [0.29, 0.717) is 6.04 Å². The van der Waals surface area contributed by atoms with Gasteiger partial charge in [-0.1, -0.05) is 31.9 Å². The summed E-state index contributed by atoms with van der Waals surface area (Å²) < 4.78 is 2.37. The lowest BCUT2D eigenvalue weighted by atomic mass is 10.1. The molecular weight excluding hydrogens is 260 g/mol. The quantitative estimate of drug-likeness (QED) is 0.800. The lowest BCUT2D eigenvalue weighted by molar-refractivity contribution is 0.474. The third kappa shape index (κ3) is 3.38. The standard InChI is InChI=1S/C17H26N4/c1-2-3-6-13-21-16-8-5-4-7-15(16)20-17(21)19-14-9-11-18-12-10-14/h4-5,7-8,14,18H,2-3,6,9-13H2,1H3,(H,19,20). The Morgan fingerprint density at radius 2 is 2.05 bits per heavy atom. The summed E-state index contributed by atoms with van der Waals surface area (Å²) in [6.45, 7) is 5.52. The van der Waals surface area contributed by atoms with Crippen LogP contribution in [0.25, 0.3) is 11.0 Å². The van der Waals surface area contributed by atoms with E-state index in [4.69, 9.17) is 4.98 Å². The van der Waals surface area contributed by atoms with Crippen molar-refractivity contribution in [2.45, 2.75) is 51.6 Å². The van der Waals surface area contributed by atoms with Crippen LogP contribution in [0.4, 0.5) is 5.95 Å². The van der Waals surface area contributed by atoms with Gasteiger partial charge in [0.15, 0.2) is 0 Å². The Bertz CT molecular complexity index is 569. The minimum atomic E-state index is 0.549. The van der Waals surface area contributed by atoms with Crippen LogP contribution in [0, 0.1) is 0 Å². The molecule has 21 heavy (non-hydrogen) atoms. The van der Waals surface area contributed by atoms with Gasteiger partial charge in [0.25, 0.3) is 0 Å². The van der Waals surface area contributed by atoms with Gasteiger partial charge in [0.05, 0.1) is 11.0 Å². The molecule has 1 aliphatic heterocycles.